The van der Waals surface area contributed by atoms with Crippen LogP contribution in [0.1, 0.15) is 5.56 Å². The average Bonchev–Trinajstić information content (AvgIpc) is 3.06. The highest BCUT2D eigenvalue weighted by Gasteiger charge is 2.25. The summed E-state index contributed by atoms with van der Waals surface area (Å²) in [4.78, 5) is 0. The van der Waals surface area contributed by atoms with Crippen LogP contribution in [0.25, 0.3) is 22.6 Å². The molecule has 0 aliphatic heterocycles. The van der Waals surface area contributed by atoms with Gasteiger partial charge in [-0.15, -0.1) is 0 Å². The number of methoxy groups -OCH3 is 2. The molecular weight excluding hydrogens is 332 g/mol. The highest BCUT2D eigenvalue weighted by Crippen LogP contribution is 2.42. The van der Waals surface area contributed by atoms with Gasteiger partial charge >= 0.3 is 0 Å². The summed E-state index contributed by atoms with van der Waals surface area (Å²) in [5.74, 6) is -1.04. The number of aliphatic hydroxyl groups excluding tert-OH is 1. The van der Waals surface area contributed by atoms with E-state index in [1.807, 2.05) is 0 Å². The second-order valence-corrected chi connectivity index (χ2v) is 5.14. The molecule has 0 saturated carbocycles. The summed E-state index contributed by atoms with van der Waals surface area (Å²) >= 11 is 0. The van der Waals surface area contributed by atoms with Gasteiger partial charge in [0.1, 0.15) is 5.69 Å². The Morgan fingerprint density at radius 1 is 1.04 bits per heavy atom. The van der Waals surface area contributed by atoms with Gasteiger partial charge in [0.15, 0.2) is 28.9 Å². The first-order valence-electron chi connectivity index (χ1n) is 7.37. The van der Waals surface area contributed by atoms with E-state index in [-0.39, 0.29) is 22.6 Å². The smallest absolute Gasteiger partial charge is 0.176 e. The predicted octanol–water partition coefficient (Wildman–Crippen LogP) is 3.80. The molecule has 3 aromatic rings. The fourth-order valence-corrected chi connectivity index (χ4v) is 2.63. The quantitative estimate of drug-likeness (QED) is 0.761. The van der Waals surface area contributed by atoms with Crippen molar-refractivity contribution in [2.24, 2.45) is 0 Å². The highest BCUT2D eigenvalue weighted by molar-refractivity contribution is 5.77. The van der Waals surface area contributed by atoms with Crippen molar-refractivity contribution in [1.29, 1.82) is 0 Å². The Bertz CT molecular complexity index is 908. The van der Waals surface area contributed by atoms with Crippen LogP contribution < -0.4 is 9.47 Å². The van der Waals surface area contributed by atoms with Crippen molar-refractivity contribution in [2.45, 2.75) is 6.61 Å². The van der Waals surface area contributed by atoms with Crippen molar-refractivity contribution in [3.63, 3.8) is 0 Å². The minimum absolute atomic E-state index is 0.0272. The van der Waals surface area contributed by atoms with E-state index in [4.69, 9.17) is 14.0 Å². The summed E-state index contributed by atoms with van der Waals surface area (Å²) in [7, 11) is 2.95. The van der Waals surface area contributed by atoms with E-state index in [9.17, 15) is 13.9 Å². The third-order valence-corrected chi connectivity index (χ3v) is 3.80. The van der Waals surface area contributed by atoms with Gasteiger partial charge in [-0.25, -0.2) is 8.78 Å². The fourth-order valence-electron chi connectivity index (χ4n) is 2.63. The summed E-state index contributed by atoms with van der Waals surface area (Å²) in [5, 5.41) is 13.6. The molecule has 130 valence electrons. The molecule has 0 aliphatic carbocycles. The number of rotatable bonds is 5. The van der Waals surface area contributed by atoms with Gasteiger partial charge in [-0.3, -0.25) is 0 Å². The minimum atomic E-state index is -1.06. The molecular formula is C18H15F2NO4. The van der Waals surface area contributed by atoms with Gasteiger partial charge in [-0.1, -0.05) is 17.3 Å². The molecule has 0 saturated heterocycles. The van der Waals surface area contributed by atoms with Crippen molar-refractivity contribution in [1.82, 2.24) is 5.16 Å². The molecule has 5 nitrogen and oxygen atoms in total. The summed E-state index contributed by atoms with van der Waals surface area (Å²) in [5.41, 5.74) is 0.623. The van der Waals surface area contributed by atoms with Gasteiger partial charge in [0.05, 0.1) is 32.0 Å². The maximum absolute atomic E-state index is 14.1. The minimum Gasteiger partial charge on any atom is -0.493 e. The van der Waals surface area contributed by atoms with Crippen LogP contribution >= 0.6 is 0 Å². The van der Waals surface area contributed by atoms with Crippen molar-refractivity contribution in [3.8, 4) is 34.1 Å². The average molecular weight is 347 g/mol. The largest absolute Gasteiger partial charge is 0.493 e. The Hall–Kier alpha value is -2.93. The maximum atomic E-state index is 14.1. The zero-order valence-electron chi connectivity index (χ0n) is 13.5. The van der Waals surface area contributed by atoms with Crippen LogP contribution in [0.4, 0.5) is 8.78 Å². The lowest BCUT2D eigenvalue weighted by Gasteiger charge is -2.11. The summed E-state index contributed by atoms with van der Waals surface area (Å²) < 4.78 is 43.5. The number of ether oxygens (including phenoxy) is 2. The van der Waals surface area contributed by atoms with E-state index in [1.54, 1.807) is 18.2 Å². The van der Waals surface area contributed by atoms with Gasteiger partial charge < -0.3 is 19.1 Å². The molecule has 0 atom stereocenters. The summed E-state index contributed by atoms with van der Waals surface area (Å²) in [6.45, 7) is -0.482. The molecule has 0 unspecified atom stereocenters. The lowest BCUT2D eigenvalue weighted by atomic mass is 10.0. The van der Waals surface area contributed by atoms with Crippen LogP contribution in [0.5, 0.6) is 11.5 Å². The van der Waals surface area contributed by atoms with Crippen molar-refractivity contribution in [2.75, 3.05) is 14.2 Å². The third-order valence-electron chi connectivity index (χ3n) is 3.80. The van der Waals surface area contributed by atoms with E-state index in [0.717, 1.165) is 6.07 Å². The molecule has 1 aromatic heterocycles. The molecule has 0 bridgehead atoms. The molecule has 1 heterocycles. The first-order chi connectivity index (χ1) is 12.1. The molecule has 1 N–H and O–H groups in total. The molecule has 2 aromatic carbocycles. The monoisotopic (exact) mass is 347 g/mol. The summed E-state index contributed by atoms with van der Waals surface area (Å²) in [6.07, 6.45) is 0. The summed E-state index contributed by atoms with van der Waals surface area (Å²) in [6, 6.07) is 8.82. The molecule has 0 spiro atoms. The lowest BCUT2D eigenvalue weighted by molar-refractivity contribution is 0.281. The third kappa shape index (κ3) is 2.83. The number of aromatic nitrogens is 1. The zero-order chi connectivity index (χ0) is 18.0. The number of hydrogen-bond acceptors (Lipinski definition) is 5. The number of nitrogens with zero attached hydrogens (tertiary/aromatic N) is 1. The van der Waals surface area contributed by atoms with Crippen LogP contribution in [0.3, 0.4) is 0 Å². The van der Waals surface area contributed by atoms with Gasteiger partial charge in [0, 0.05) is 5.56 Å². The number of aliphatic hydroxyl groups is 1. The number of hydrogen-bond donors (Lipinski definition) is 1. The molecule has 0 fully saturated rings. The Morgan fingerprint density at radius 3 is 2.44 bits per heavy atom. The SMILES string of the molecule is COc1cccc(-c2onc(-c3cccc(F)c3F)c2CO)c1OC. The predicted molar refractivity (Wildman–Crippen MR) is 86.3 cm³/mol. The Labute approximate surface area is 142 Å². The van der Waals surface area contributed by atoms with Crippen LogP contribution in [-0.4, -0.2) is 24.5 Å². The topological polar surface area (TPSA) is 64.7 Å². The van der Waals surface area contributed by atoms with Crippen LogP contribution in [-0.2, 0) is 6.61 Å². The molecule has 25 heavy (non-hydrogen) atoms. The van der Waals surface area contributed by atoms with E-state index in [1.165, 1.54) is 26.4 Å². The fraction of sp³-hybridized carbons (Fsp3) is 0.167. The Morgan fingerprint density at radius 2 is 1.76 bits per heavy atom. The van der Waals surface area contributed by atoms with Crippen molar-refractivity contribution in [3.05, 3.63) is 53.6 Å². The first kappa shape index (κ1) is 16.9. The molecule has 3 rings (SSSR count). The number of para-hydroxylation sites is 1. The van der Waals surface area contributed by atoms with Crippen LogP contribution in [0.15, 0.2) is 40.9 Å². The lowest BCUT2D eigenvalue weighted by Crippen LogP contribution is -1.96. The molecule has 7 heteroatoms. The van der Waals surface area contributed by atoms with Crippen molar-refractivity contribution >= 4 is 0 Å². The first-order valence-corrected chi connectivity index (χ1v) is 7.37. The van der Waals surface area contributed by atoms with Gasteiger partial charge in [0.2, 0.25) is 0 Å². The molecule has 0 aliphatic rings. The van der Waals surface area contributed by atoms with Gasteiger partial charge in [-0.05, 0) is 24.3 Å². The van der Waals surface area contributed by atoms with E-state index >= 15 is 0 Å². The van der Waals surface area contributed by atoms with E-state index in [2.05, 4.69) is 5.16 Å². The number of benzene rings is 2. The normalized spacial score (nSPS) is 10.8. The second kappa shape index (κ2) is 6.90. The van der Waals surface area contributed by atoms with E-state index in [0.29, 0.717) is 17.1 Å². The number of halogens is 2. The highest BCUT2D eigenvalue weighted by atomic mass is 19.2. The maximum Gasteiger partial charge on any atom is 0.176 e. The second-order valence-electron chi connectivity index (χ2n) is 5.14. The molecule has 0 radical (unpaired) electrons. The van der Waals surface area contributed by atoms with Gasteiger partial charge in [-0.2, -0.15) is 0 Å². The van der Waals surface area contributed by atoms with Gasteiger partial charge in [0.25, 0.3) is 0 Å². The Balaban J connectivity index is 2.21. The van der Waals surface area contributed by atoms with Crippen LogP contribution in [0.2, 0.25) is 0 Å². The Kier molecular flexibility index (Phi) is 4.67. The zero-order valence-corrected chi connectivity index (χ0v) is 13.5. The molecule has 0 amide bonds. The van der Waals surface area contributed by atoms with Crippen LogP contribution in [0, 0.1) is 11.6 Å². The van der Waals surface area contributed by atoms with Crippen molar-refractivity contribution < 1.29 is 27.9 Å². The standard InChI is InChI=1S/C18H15F2NO4/c1-23-14-8-4-6-11(18(14)24-2)17-12(9-22)16(21-25-17)10-5-3-7-13(19)15(10)20/h3-8,22H,9H2,1-2H3. The van der Waals surface area contributed by atoms with E-state index < -0.39 is 18.2 Å².